The van der Waals surface area contributed by atoms with Crippen LogP contribution < -0.4 is 5.32 Å². The van der Waals surface area contributed by atoms with Gasteiger partial charge in [-0.05, 0) is 32.2 Å². The third kappa shape index (κ3) is 2.27. The summed E-state index contributed by atoms with van der Waals surface area (Å²) in [4.78, 5) is 21.9. The van der Waals surface area contributed by atoms with E-state index in [1.807, 2.05) is 11.1 Å². The van der Waals surface area contributed by atoms with Gasteiger partial charge in [0.25, 0.3) is 0 Å². The Morgan fingerprint density at radius 1 is 1.39 bits per heavy atom. The summed E-state index contributed by atoms with van der Waals surface area (Å²) < 4.78 is 0. The lowest BCUT2D eigenvalue weighted by Crippen LogP contribution is -2.47. The molecule has 3 rings (SSSR count). The van der Waals surface area contributed by atoms with Gasteiger partial charge in [-0.25, -0.2) is 4.98 Å². The van der Waals surface area contributed by atoms with Gasteiger partial charge in [0.2, 0.25) is 5.91 Å². The van der Waals surface area contributed by atoms with Gasteiger partial charge in [0.05, 0.1) is 6.04 Å². The molecule has 2 N–H and O–H groups in total. The van der Waals surface area contributed by atoms with E-state index in [9.17, 15) is 4.79 Å². The standard InChI is InChI=1S/C13H20N4O/c18-13(11-4-1-5-14-11)17-8-2-3-10(9-17)12-15-6-7-16-12/h6-7,10-11,14H,1-5,8-9H2,(H,15,16). The summed E-state index contributed by atoms with van der Waals surface area (Å²) in [5.74, 6) is 1.68. The molecule has 0 saturated carbocycles. The number of hydrogen-bond donors (Lipinski definition) is 2. The zero-order chi connectivity index (χ0) is 12.4. The highest BCUT2D eigenvalue weighted by molar-refractivity contribution is 5.82. The SMILES string of the molecule is O=C(C1CCCN1)N1CCCC(c2ncc[nH]2)C1. The van der Waals surface area contributed by atoms with Gasteiger partial charge in [-0.2, -0.15) is 0 Å². The van der Waals surface area contributed by atoms with Crippen molar-refractivity contribution in [1.29, 1.82) is 0 Å². The average molecular weight is 248 g/mol. The van der Waals surface area contributed by atoms with Gasteiger partial charge in [-0.1, -0.05) is 0 Å². The van der Waals surface area contributed by atoms with E-state index >= 15 is 0 Å². The van der Waals surface area contributed by atoms with E-state index in [0.29, 0.717) is 5.92 Å². The van der Waals surface area contributed by atoms with Crippen molar-refractivity contribution in [3.8, 4) is 0 Å². The van der Waals surface area contributed by atoms with Crippen LogP contribution in [-0.4, -0.2) is 46.5 Å². The second-order valence-electron chi connectivity index (χ2n) is 5.25. The Hall–Kier alpha value is -1.36. The second-order valence-corrected chi connectivity index (χ2v) is 5.25. The summed E-state index contributed by atoms with van der Waals surface area (Å²) in [5, 5.41) is 3.29. The maximum absolute atomic E-state index is 12.3. The molecule has 0 aliphatic carbocycles. The van der Waals surface area contributed by atoms with Gasteiger partial charge in [0, 0.05) is 31.4 Å². The number of H-pyrrole nitrogens is 1. The lowest BCUT2D eigenvalue weighted by molar-refractivity contribution is -0.134. The van der Waals surface area contributed by atoms with Crippen LogP contribution in [0.1, 0.15) is 37.4 Å². The predicted molar refractivity (Wildman–Crippen MR) is 68.2 cm³/mol. The molecule has 2 aliphatic heterocycles. The molecule has 98 valence electrons. The molecule has 0 radical (unpaired) electrons. The molecule has 0 aromatic carbocycles. The van der Waals surface area contributed by atoms with Crippen LogP contribution >= 0.6 is 0 Å². The van der Waals surface area contributed by atoms with Crippen molar-refractivity contribution in [3.05, 3.63) is 18.2 Å². The van der Waals surface area contributed by atoms with Crippen molar-refractivity contribution >= 4 is 5.91 Å². The van der Waals surface area contributed by atoms with Crippen molar-refractivity contribution < 1.29 is 4.79 Å². The van der Waals surface area contributed by atoms with E-state index in [1.54, 1.807) is 6.20 Å². The minimum absolute atomic E-state index is 0.0559. The lowest BCUT2D eigenvalue weighted by atomic mass is 9.96. The molecule has 5 nitrogen and oxygen atoms in total. The number of carbonyl (C=O) groups is 1. The molecule has 5 heteroatoms. The van der Waals surface area contributed by atoms with Crippen LogP contribution in [0.15, 0.2) is 12.4 Å². The van der Waals surface area contributed by atoms with Crippen molar-refractivity contribution in [3.63, 3.8) is 0 Å². The maximum Gasteiger partial charge on any atom is 0.239 e. The minimum Gasteiger partial charge on any atom is -0.348 e. The molecule has 0 bridgehead atoms. The third-order valence-electron chi connectivity index (χ3n) is 4.00. The Labute approximate surface area is 107 Å². The van der Waals surface area contributed by atoms with Gasteiger partial charge < -0.3 is 15.2 Å². The summed E-state index contributed by atoms with van der Waals surface area (Å²) in [6.07, 6.45) is 7.94. The van der Waals surface area contributed by atoms with E-state index in [0.717, 1.165) is 51.1 Å². The van der Waals surface area contributed by atoms with E-state index in [1.165, 1.54) is 0 Å². The topological polar surface area (TPSA) is 61.0 Å². The van der Waals surface area contributed by atoms with Gasteiger partial charge in [-0.3, -0.25) is 4.79 Å². The monoisotopic (exact) mass is 248 g/mol. The number of aromatic amines is 1. The summed E-state index contributed by atoms with van der Waals surface area (Å²) in [7, 11) is 0. The largest absolute Gasteiger partial charge is 0.348 e. The molecule has 1 amide bonds. The Bertz CT molecular complexity index is 397. The molecule has 2 atom stereocenters. The Balaban J connectivity index is 1.64. The van der Waals surface area contributed by atoms with E-state index in [2.05, 4.69) is 15.3 Å². The molecule has 1 aromatic rings. The first-order valence-corrected chi connectivity index (χ1v) is 6.86. The number of rotatable bonds is 2. The molecule has 18 heavy (non-hydrogen) atoms. The van der Waals surface area contributed by atoms with E-state index < -0.39 is 0 Å². The van der Waals surface area contributed by atoms with Crippen molar-refractivity contribution in [2.24, 2.45) is 0 Å². The van der Waals surface area contributed by atoms with Crippen LogP contribution in [0.3, 0.4) is 0 Å². The van der Waals surface area contributed by atoms with Gasteiger partial charge in [0.15, 0.2) is 0 Å². The minimum atomic E-state index is 0.0559. The zero-order valence-electron chi connectivity index (χ0n) is 10.6. The summed E-state index contributed by atoms with van der Waals surface area (Å²) >= 11 is 0. The number of carbonyl (C=O) groups excluding carboxylic acids is 1. The lowest BCUT2D eigenvalue weighted by Gasteiger charge is -2.33. The quantitative estimate of drug-likeness (QED) is 0.816. The number of imidazole rings is 1. The summed E-state index contributed by atoms with van der Waals surface area (Å²) in [6.45, 7) is 2.69. The highest BCUT2D eigenvalue weighted by Gasteiger charge is 2.31. The van der Waals surface area contributed by atoms with Crippen LogP contribution in [0.2, 0.25) is 0 Å². The molecule has 2 unspecified atom stereocenters. The molecule has 3 heterocycles. The van der Waals surface area contributed by atoms with Crippen molar-refractivity contribution in [1.82, 2.24) is 20.2 Å². The first-order valence-electron chi connectivity index (χ1n) is 6.86. The first-order chi connectivity index (χ1) is 8.84. The molecule has 0 spiro atoms. The molecular weight excluding hydrogens is 228 g/mol. The number of nitrogens with one attached hydrogen (secondary N) is 2. The average Bonchev–Trinajstić information content (AvgIpc) is 3.11. The Morgan fingerprint density at radius 2 is 2.33 bits per heavy atom. The fraction of sp³-hybridized carbons (Fsp3) is 0.692. The first kappa shape index (κ1) is 11.7. The Kier molecular flexibility index (Phi) is 3.32. The highest BCUT2D eigenvalue weighted by Crippen LogP contribution is 2.25. The number of aromatic nitrogens is 2. The van der Waals surface area contributed by atoms with Crippen molar-refractivity contribution in [2.45, 2.75) is 37.6 Å². The van der Waals surface area contributed by atoms with Crippen LogP contribution in [0, 0.1) is 0 Å². The normalized spacial score (nSPS) is 28.6. The number of likely N-dealkylation sites (tertiary alicyclic amines) is 1. The molecule has 2 saturated heterocycles. The van der Waals surface area contributed by atoms with Crippen LogP contribution in [-0.2, 0) is 4.79 Å². The Morgan fingerprint density at radius 3 is 3.06 bits per heavy atom. The van der Waals surface area contributed by atoms with Crippen molar-refractivity contribution in [2.75, 3.05) is 19.6 Å². The number of nitrogens with zero attached hydrogens (tertiary/aromatic N) is 2. The molecular formula is C13H20N4O. The maximum atomic E-state index is 12.3. The highest BCUT2D eigenvalue weighted by atomic mass is 16.2. The summed E-state index contributed by atoms with van der Waals surface area (Å²) in [5.41, 5.74) is 0. The fourth-order valence-electron chi connectivity index (χ4n) is 3.02. The molecule has 1 aromatic heterocycles. The fourth-order valence-corrected chi connectivity index (χ4v) is 3.02. The second kappa shape index (κ2) is 5.10. The van der Waals surface area contributed by atoms with Crippen LogP contribution in [0.4, 0.5) is 0 Å². The van der Waals surface area contributed by atoms with Crippen LogP contribution in [0.5, 0.6) is 0 Å². The number of piperidine rings is 1. The number of hydrogen-bond acceptors (Lipinski definition) is 3. The van der Waals surface area contributed by atoms with E-state index in [-0.39, 0.29) is 11.9 Å². The van der Waals surface area contributed by atoms with Gasteiger partial charge in [-0.15, -0.1) is 0 Å². The number of amides is 1. The van der Waals surface area contributed by atoms with Crippen LogP contribution in [0.25, 0.3) is 0 Å². The summed E-state index contributed by atoms with van der Waals surface area (Å²) in [6, 6.07) is 0.0559. The third-order valence-corrected chi connectivity index (χ3v) is 4.00. The molecule has 2 aliphatic rings. The molecule has 2 fully saturated rings. The zero-order valence-corrected chi connectivity index (χ0v) is 10.6. The van der Waals surface area contributed by atoms with Gasteiger partial charge >= 0.3 is 0 Å². The van der Waals surface area contributed by atoms with E-state index in [4.69, 9.17) is 0 Å². The van der Waals surface area contributed by atoms with Gasteiger partial charge in [0.1, 0.15) is 5.82 Å². The predicted octanol–water partition coefficient (Wildman–Crippen LogP) is 0.868. The smallest absolute Gasteiger partial charge is 0.239 e.